The van der Waals surface area contributed by atoms with E-state index in [1.165, 1.54) is 0 Å². The van der Waals surface area contributed by atoms with Crippen molar-refractivity contribution in [2.24, 2.45) is 5.73 Å². The summed E-state index contributed by atoms with van der Waals surface area (Å²) in [5.74, 6) is 0.941. The van der Waals surface area contributed by atoms with Crippen molar-refractivity contribution < 1.29 is 13.3 Å². The molecule has 7 heteroatoms. The van der Waals surface area contributed by atoms with E-state index in [4.69, 9.17) is 19.0 Å². The lowest BCUT2D eigenvalue weighted by atomic mass is 10.4. The van der Waals surface area contributed by atoms with E-state index in [9.17, 15) is 0 Å². The van der Waals surface area contributed by atoms with E-state index in [2.05, 4.69) is 4.90 Å². The Labute approximate surface area is 102 Å². The smallest absolute Gasteiger partial charge is 0.372 e. The van der Waals surface area contributed by atoms with Crippen LogP contribution in [0.15, 0.2) is 0 Å². The van der Waals surface area contributed by atoms with Crippen LogP contribution < -0.4 is 5.73 Å². The number of fused-ring (bicyclic) bond motifs is 6. The third kappa shape index (κ3) is 3.43. The monoisotopic (exact) mass is 264 g/mol. The molecule has 0 radical (unpaired) electrons. The average Bonchev–Trinajstić information content (AvgIpc) is 2.19. The van der Waals surface area contributed by atoms with E-state index < -0.39 is 8.80 Å². The zero-order valence-electron chi connectivity index (χ0n) is 9.52. The van der Waals surface area contributed by atoms with Gasteiger partial charge in [0.05, 0.1) is 25.2 Å². The normalized spacial score (nSPS) is 35.4. The fourth-order valence-electron chi connectivity index (χ4n) is 1.86. The maximum absolute atomic E-state index is 5.88. The molecule has 3 saturated heterocycles. The van der Waals surface area contributed by atoms with Gasteiger partial charge in [-0.05, 0) is 0 Å². The van der Waals surface area contributed by atoms with Gasteiger partial charge in [0.1, 0.15) is 0 Å². The fraction of sp³-hybridized carbons (Fsp3) is 1.00. The molecule has 0 saturated carbocycles. The number of hydrogen-bond donors (Lipinski definition) is 1. The van der Waals surface area contributed by atoms with Gasteiger partial charge in [0.2, 0.25) is 0 Å². The Balaban J connectivity index is 1.92. The van der Waals surface area contributed by atoms with Gasteiger partial charge >= 0.3 is 8.80 Å². The Morgan fingerprint density at radius 2 is 1.62 bits per heavy atom. The lowest BCUT2D eigenvalue weighted by Crippen LogP contribution is -2.57. The van der Waals surface area contributed by atoms with Crippen LogP contribution in [0, 0.1) is 0 Å². The maximum atomic E-state index is 5.88. The standard InChI is InChI=1S/C9H20N2O3SSi/c10-1-8-15-9-16-12-5-2-11(3-6-13-16)4-7-14-16/h1-10H2. The lowest BCUT2D eigenvalue weighted by Gasteiger charge is -2.37. The van der Waals surface area contributed by atoms with Crippen LogP contribution in [0.1, 0.15) is 0 Å². The molecule has 0 unspecified atom stereocenters. The molecule has 2 bridgehead atoms. The molecule has 0 aromatic carbocycles. The Hall–Kier alpha value is 0.367. The second-order valence-corrected chi connectivity index (χ2v) is 8.11. The minimum Gasteiger partial charge on any atom is -0.372 e. The summed E-state index contributed by atoms with van der Waals surface area (Å²) in [5, 5.41) is 0.838. The van der Waals surface area contributed by atoms with E-state index in [1.54, 1.807) is 11.8 Å². The molecule has 0 aromatic rings. The first-order valence-corrected chi connectivity index (χ1v) is 8.85. The van der Waals surface area contributed by atoms with Crippen molar-refractivity contribution in [1.82, 2.24) is 4.90 Å². The van der Waals surface area contributed by atoms with Crippen molar-refractivity contribution in [2.75, 3.05) is 57.1 Å². The van der Waals surface area contributed by atoms with Gasteiger partial charge in [-0.2, -0.15) is 11.8 Å². The Morgan fingerprint density at radius 1 is 1.06 bits per heavy atom. The number of nitrogens with two attached hydrogens (primary N) is 1. The van der Waals surface area contributed by atoms with Gasteiger partial charge in [-0.15, -0.1) is 0 Å². The lowest BCUT2D eigenvalue weighted by molar-refractivity contribution is -0.00443. The number of thioether (sulfide) groups is 1. The van der Waals surface area contributed by atoms with Crippen LogP contribution in [0.25, 0.3) is 0 Å². The van der Waals surface area contributed by atoms with Crippen LogP contribution in [0.4, 0.5) is 0 Å². The molecule has 2 N–H and O–H groups in total. The van der Waals surface area contributed by atoms with Gasteiger partial charge in [-0.1, -0.05) is 0 Å². The number of rotatable bonds is 4. The van der Waals surface area contributed by atoms with Gasteiger partial charge in [-0.25, -0.2) is 0 Å². The van der Waals surface area contributed by atoms with Crippen LogP contribution >= 0.6 is 11.8 Å². The molecule has 3 rings (SSSR count). The van der Waals surface area contributed by atoms with Crippen LogP contribution in [-0.2, 0) is 13.3 Å². The molecule has 94 valence electrons. The summed E-state index contributed by atoms with van der Waals surface area (Å²) in [7, 11) is -2.38. The number of nitrogens with zero attached hydrogens (tertiary/aromatic N) is 1. The SMILES string of the molecule is NCCSC[Si]12OCCN(CCO1)CCO2. The summed E-state index contributed by atoms with van der Waals surface area (Å²) in [6.07, 6.45) is 0. The minimum atomic E-state index is -2.38. The van der Waals surface area contributed by atoms with E-state index in [1.807, 2.05) is 0 Å². The fourth-order valence-corrected chi connectivity index (χ4v) is 6.06. The van der Waals surface area contributed by atoms with E-state index in [0.717, 1.165) is 50.6 Å². The van der Waals surface area contributed by atoms with Crippen LogP contribution in [-0.4, -0.2) is 70.8 Å². The predicted octanol–water partition coefficient (Wildman–Crippen LogP) is -0.465. The summed E-state index contributed by atoms with van der Waals surface area (Å²) in [4.78, 5) is 2.32. The molecule has 3 heterocycles. The molecule has 5 nitrogen and oxygen atoms in total. The minimum absolute atomic E-state index is 0.697. The highest BCUT2D eigenvalue weighted by Gasteiger charge is 2.43. The highest BCUT2D eigenvalue weighted by molar-refractivity contribution is 8.00. The molecule has 0 spiro atoms. The van der Waals surface area contributed by atoms with Gasteiger partial charge in [-0.3, -0.25) is 4.90 Å². The summed E-state index contributed by atoms with van der Waals surface area (Å²) in [6, 6.07) is 0. The Bertz CT molecular complexity index is 196. The topological polar surface area (TPSA) is 57.0 Å². The molecular formula is C9H20N2O3SSi. The largest absolute Gasteiger partial charge is 0.511 e. The second kappa shape index (κ2) is 6.34. The first-order chi connectivity index (χ1) is 7.85. The van der Waals surface area contributed by atoms with Crippen molar-refractivity contribution in [3.8, 4) is 0 Å². The first kappa shape index (κ1) is 12.8. The zero-order chi connectivity index (χ0) is 11.3. The third-order valence-corrected chi connectivity index (χ3v) is 7.42. The van der Waals surface area contributed by atoms with Crippen molar-refractivity contribution in [2.45, 2.75) is 0 Å². The molecule has 3 aliphatic rings. The zero-order valence-corrected chi connectivity index (χ0v) is 11.3. The van der Waals surface area contributed by atoms with Crippen molar-refractivity contribution in [3.63, 3.8) is 0 Å². The third-order valence-electron chi connectivity index (χ3n) is 2.73. The second-order valence-electron chi connectivity index (χ2n) is 3.91. The van der Waals surface area contributed by atoms with E-state index in [0.29, 0.717) is 6.54 Å². The summed E-state index contributed by atoms with van der Waals surface area (Å²) >= 11 is 1.78. The van der Waals surface area contributed by atoms with Crippen molar-refractivity contribution in [3.05, 3.63) is 0 Å². The van der Waals surface area contributed by atoms with Crippen LogP contribution in [0.3, 0.4) is 0 Å². The summed E-state index contributed by atoms with van der Waals surface area (Å²) in [6.45, 7) is 5.90. The highest BCUT2D eigenvalue weighted by atomic mass is 32.2. The first-order valence-electron chi connectivity index (χ1n) is 5.77. The van der Waals surface area contributed by atoms with E-state index in [-0.39, 0.29) is 0 Å². The molecule has 3 fully saturated rings. The highest BCUT2D eigenvalue weighted by Crippen LogP contribution is 2.20. The number of hydrogen-bond acceptors (Lipinski definition) is 6. The molecule has 0 atom stereocenters. The van der Waals surface area contributed by atoms with Gasteiger partial charge in [0.25, 0.3) is 0 Å². The molecule has 16 heavy (non-hydrogen) atoms. The van der Waals surface area contributed by atoms with Crippen LogP contribution in [0.2, 0.25) is 0 Å². The predicted molar refractivity (Wildman–Crippen MR) is 66.4 cm³/mol. The molecule has 0 aliphatic carbocycles. The summed E-state index contributed by atoms with van der Waals surface area (Å²) in [5.41, 5.74) is 5.49. The Kier molecular flexibility index (Phi) is 5.08. The molecule has 3 aliphatic heterocycles. The maximum Gasteiger partial charge on any atom is 0.511 e. The van der Waals surface area contributed by atoms with Crippen LogP contribution in [0.5, 0.6) is 0 Å². The van der Waals surface area contributed by atoms with Crippen molar-refractivity contribution in [1.29, 1.82) is 0 Å². The summed E-state index contributed by atoms with van der Waals surface area (Å²) < 4.78 is 17.6. The van der Waals surface area contributed by atoms with Crippen molar-refractivity contribution >= 4 is 20.6 Å². The van der Waals surface area contributed by atoms with E-state index >= 15 is 0 Å². The average molecular weight is 264 g/mol. The Morgan fingerprint density at radius 3 is 2.12 bits per heavy atom. The van der Waals surface area contributed by atoms with Gasteiger partial charge in [0.15, 0.2) is 0 Å². The molecule has 0 aromatic heterocycles. The van der Waals surface area contributed by atoms with Gasteiger partial charge < -0.3 is 19.0 Å². The molecule has 0 amide bonds. The molecular weight excluding hydrogens is 244 g/mol. The van der Waals surface area contributed by atoms with Gasteiger partial charge in [0, 0.05) is 31.9 Å². The quantitative estimate of drug-likeness (QED) is 0.547.